The number of fused-ring (bicyclic) bond motifs is 4. The second-order valence-corrected chi connectivity index (χ2v) is 16.4. The van der Waals surface area contributed by atoms with E-state index >= 15 is 0 Å². The maximum atomic E-state index is 13.9. The Balaban J connectivity index is 0.00000196. The Hall–Kier alpha value is -4.74. The summed E-state index contributed by atoms with van der Waals surface area (Å²) < 4.78 is 18.1. The van der Waals surface area contributed by atoms with Crippen LogP contribution in [0.1, 0.15) is 75.1 Å². The van der Waals surface area contributed by atoms with Crippen LogP contribution in [0, 0.1) is 13.8 Å². The Bertz CT molecular complexity index is 2430. The van der Waals surface area contributed by atoms with E-state index in [4.69, 9.17) is 24.2 Å². The van der Waals surface area contributed by atoms with Crippen LogP contribution in [0.25, 0.3) is 11.1 Å². The standard InChI is InChI=1S/C49H52N6O5.B.HI.Re/c1-32-8-10-34(11-9-32)36-23-39-28-50-43-26-45(33(2)22-41(43)48(56)54(39)30-36)59-20-6-5-7-21-60-47-27-44-42(25-46(47)58-4)49(57)55-31-37(24-40(55)29-51-44)35-12-14-38(15-13-35)53-18-16-52(3)17-19-53;;;/h8-15,22,25-31,39-40H,5-7,16-21,23-24H2,1-4H3;;1H;/q;;;+1/p-1/t39-,40-;;;/m0.../s1. The number of ether oxygens (including phenoxy) is 3. The number of benzene rings is 4. The molecular formula is C49H52BIN6O5Re. The van der Waals surface area contributed by atoms with Gasteiger partial charge in [0.05, 0.1) is 54.9 Å². The van der Waals surface area contributed by atoms with Gasteiger partial charge in [0.1, 0.15) is 5.75 Å². The molecule has 0 N–H and O–H groups in total. The summed E-state index contributed by atoms with van der Waals surface area (Å²) >= 11 is 3.90. The molecule has 0 spiro atoms. The number of carbonyl (C=O) groups excluding carboxylic acids is 2. The number of amides is 2. The monoisotopic (exact) mass is 1130 g/mol. The molecule has 14 heteroatoms. The van der Waals surface area contributed by atoms with Crippen molar-refractivity contribution < 1.29 is 39.4 Å². The number of unbranched alkanes of at least 4 members (excludes halogenated alkanes) is 2. The van der Waals surface area contributed by atoms with Crippen LogP contribution in [-0.2, 0) is 15.6 Å². The molecule has 4 aromatic rings. The fraction of sp³-hybridized carbons (Fsp3) is 0.347. The van der Waals surface area contributed by atoms with Gasteiger partial charge in [-0.2, -0.15) is 0 Å². The number of piperazine rings is 1. The van der Waals surface area contributed by atoms with Crippen molar-refractivity contribution in [3.8, 4) is 17.2 Å². The molecule has 0 aromatic heterocycles. The number of carbonyl (C=O) groups is 2. The van der Waals surface area contributed by atoms with Crippen molar-refractivity contribution in [2.75, 3.05) is 58.5 Å². The summed E-state index contributed by atoms with van der Waals surface area (Å²) in [7, 11) is 3.76. The van der Waals surface area contributed by atoms with Gasteiger partial charge >= 0.3 is 35.1 Å². The van der Waals surface area contributed by atoms with E-state index in [0.717, 1.165) is 85.4 Å². The normalized spacial score (nSPS) is 18.7. The Labute approximate surface area is 394 Å². The SMILES string of the molecule is COc1cc2c(cc1OCCCCCOc1cc3c(cc1C)C(=O)N1C=C(c4ccc(C)cc4)C[C@H]1C=N3)N=C[C@@H]1CC(c3ccc(N4CCN(C)CC4)cc3)=CN1C2=O.[B].[I][Re]. The third-order valence-electron chi connectivity index (χ3n) is 12.3. The summed E-state index contributed by atoms with van der Waals surface area (Å²) in [5, 5.41) is 0. The van der Waals surface area contributed by atoms with E-state index in [1.165, 1.54) is 11.3 Å². The molecule has 5 aliphatic rings. The molecule has 0 unspecified atom stereocenters. The molecule has 0 bridgehead atoms. The quantitative estimate of drug-likeness (QED) is 0.0794. The van der Waals surface area contributed by atoms with Crippen molar-refractivity contribution >= 4 is 80.4 Å². The number of hydrogen-bond acceptors (Lipinski definition) is 9. The van der Waals surface area contributed by atoms with Crippen LogP contribution in [0.2, 0.25) is 0 Å². The molecule has 9 rings (SSSR count). The molecule has 5 aliphatic heterocycles. The Morgan fingerprint density at radius 3 is 1.73 bits per heavy atom. The molecule has 11 nitrogen and oxygen atoms in total. The molecule has 2 atom stereocenters. The van der Waals surface area contributed by atoms with Gasteiger partial charge in [0.25, 0.3) is 11.8 Å². The average molecular weight is 1130 g/mol. The van der Waals surface area contributed by atoms with E-state index < -0.39 is 0 Å². The van der Waals surface area contributed by atoms with Crippen molar-refractivity contribution in [3.05, 3.63) is 119 Å². The molecular weight excluding hydrogens is 1080 g/mol. The van der Waals surface area contributed by atoms with Crippen LogP contribution >= 0.6 is 19.5 Å². The maximum absolute atomic E-state index is 13.9. The van der Waals surface area contributed by atoms with Crippen LogP contribution in [0.5, 0.6) is 17.2 Å². The summed E-state index contributed by atoms with van der Waals surface area (Å²) in [6.07, 6.45) is 11.7. The Kier molecular flexibility index (Phi) is 15.3. The predicted molar refractivity (Wildman–Crippen MR) is 258 cm³/mol. The number of anilines is 1. The summed E-state index contributed by atoms with van der Waals surface area (Å²) in [5.41, 5.74) is 10.2. The number of aliphatic imine (C=N–C) groups is 2. The van der Waals surface area contributed by atoms with E-state index in [1.807, 2.05) is 54.9 Å². The first-order valence-corrected chi connectivity index (χ1v) is 28.9. The summed E-state index contributed by atoms with van der Waals surface area (Å²) in [6.45, 7) is 9.24. The Morgan fingerprint density at radius 1 is 0.667 bits per heavy atom. The van der Waals surface area contributed by atoms with Gasteiger partial charge in [0.15, 0.2) is 11.5 Å². The second kappa shape index (κ2) is 20.8. The van der Waals surface area contributed by atoms with E-state index in [2.05, 4.69) is 91.8 Å². The third-order valence-corrected chi connectivity index (χ3v) is 12.3. The first-order chi connectivity index (χ1) is 30.2. The fourth-order valence-electron chi connectivity index (χ4n) is 8.62. The molecule has 3 radical (unpaired) electrons. The van der Waals surface area contributed by atoms with Crippen LogP contribution in [0.15, 0.2) is 95.2 Å². The molecule has 1 saturated heterocycles. The van der Waals surface area contributed by atoms with Crippen molar-refractivity contribution in [1.82, 2.24) is 14.7 Å². The molecule has 325 valence electrons. The number of aryl methyl sites for hydroxylation is 2. The number of hydrogen-bond donors (Lipinski definition) is 0. The van der Waals surface area contributed by atoms with Gasteiger partial charge in [-0.05, 0) is 92.3 Å². The molecule has 2 amide bonds. The van der Waals surface area contributed by atoms with E-state index in [-0.39, 0.29) is 32.3 Å². The van der Waals surface area contributed by atoms with Gasteiger partial charge in [-0.25, -0.2) is 0 Å². The molecule has 4 aromatic carbocycles. The zero-order valence-electron chi connectivity index (χ0n) is 36.2. The molecule has 0 aliphatic carbocycles. The third kappa shape index (κ3) is 10.1. The number of methoxy groups -OCH3 is 1. The van der Waals surface area contributed by atoms with Gasteiger partial charge < -0.3 is 33.8 Å². The predicted octanol–water partition coefficient (Wildman–Crippen LogP) is 9.14. The zero-order chi connectivity index (χ0) is 43.3. The van der Waals surface area contributed by atoms with Crippen molar-refractivity contribution in [1.29, 1.82) is 0 Å². The number of likely N-dealkylation sites (N-methyl/N-ethyl adjacent to an activating group) is 1. The molecule has 0 saturated carbocycles. The topological polar surface area (TPSA) is 99.5 Å². The van der Waals surface area contributed by atoms with Crippen molar-refractivity contribution in [2.24, 2.45) is 9.98 Å². The summed E-state index contributed by atoms with van der Waals surface area (Å²) in [5.74, 6) is 1.66. The second-order valence-electron chi connectivity index (χ2n) is 16.4. The van der Waals surface area contributed by atoms with Gasteiger partial charge in [-0.3, -0.25) is 19.6 Å². The van der Waals surface area contributed by atoms with Crippen LogP contribution in [0.3, 0.4) is 0 Å². The number of rotatable bonds is 12. The first-order valence-electron chi connectivity index (χ1n) is 21.2. The van der Waals surface area contributed by atoms with Crippen LogP contribution < -0.4 is 19.1 Å². The molecule has 1 fully saturated rings. The van der Waals surface area contributed by atoms with Gasteiger partial charge in [0, 0.05) is 90.1 Å². The van der Waals surface area contributed by atoms with Crippen LogP contribution in [-0.4, -0.2) is 113 Å². The van der Waals surface area contributed by atoms with Crippen molar-refractivity contribution in [2.45, 2.75) is 58.0 Å². The van der Waals surface area contributed by atoms with Crippen molar-refractivity contribution in [3.63, 3.8) is 0 Å². The molecule has 5 heterocycles. The Morgan fingerprint density at radius 2 is 1.17 bits per heavy atom. The minimum atomic E-state index is -0.159. The average Bonchev–Trinajstić information content (AvgIpc) is 3.88. The zero-order valence-corrected chi connectivity index (χ0v) is 41.1. The van der Waals surface area contributed by atoms with E-state index in [0.29, 0.717) is 53.6 Å². The number of nitrogens with zero attached hydrogens (tertiary/aromatic N) is 6. The summed E-state index contributed by atoms with van der Waals surface area (Å²) in [6, 6.07) is 24.2. The molecule has 63 heavy (non-hydrogen) atoms. The van der Waals surface area contributed by atoms with Gasteiger partial charge in [-0.15, -0.1) is 0 Å². The van der Waals surface area contributed by atoms with E-state index in [1.54, 1.807) is 33.7 Å². The van der Waals surface area contributed by atoms with E-state index in [9.17, 15) is 9.59 Å². The van der Waals surface area contributed by atoms with Gasteiger partial charge in [-0.1, -0.05) is 42.0 Å². The van der Waals surface area contributed by atoms with Gasteiger partial charge in [0.2, 0.25) is 0 Å². The fourth-order valence-corrected chi connectivity index (χ4v) is 8.62. The first kappa shape index (κ1) is 46.3. The summed E-state index contributed by atoms with van der Waals surface area (Å²) in [4.78, 5) is 45.5. The van der Waals surface area contributed by atoms with Crippen LogP contribution in [0.4, 0.5) is 17.1 Å². The minimum absolute atomic E-state index is 0. The number of halogens is 1.